The molecule has 0 unspecified atom stereocenters. The third-order valence-electron chi connectivity index (χ3n) is 1.88. The molecule has 0 aliphatic rings. The lowest BCUT2D eigenvalue weighted by Crippen LogP contribution is -2.08. The fourth-order valence-electron chi connectivity index (χ4n) is 1.12. The van der Waals surface area contributed by atoms with Crippen LogP contribution in [0.1, 0.15) is 12.5 Å². The molecule has 0 amide bonds. The summed E-state index contributed by atoms with van der Waals surface area (Å²) in [6.07, 6.45) is 0. The van der Waals surface area contributed by atoms with E-state index in [1.807, 2.05) is 13.0 Å². The lowest BCUT2D eigenvalue weighted by Gasteiger charge is -2.09. The second kappa shape index (κ2) is 5.89. The molecule has 15 heavy (non-hydrogen) atoms. The number of para-hydroxylation sites is 1. The number of benzene rings is 1. The Morgan fingerprint density at radius 1 is 1.40 bits per heavy atom. The number of nitrogens with two attached hydrogens (primary N) is 1. The predicted octanol–water partition coefficient (Wildman–Crippen LogP) is 1.56. The van der Waals surface area contributed by atoms with Crippen molar-refractivity contribution in [3.8, 4) is 11.8 Å². The van der Waals surface area contributed by atoms with Crippen LogP contribution >= 0.6 is 0 Å². The SMILES string of the molecule is CCOCCOc1cccc(C#N)c1N. The number of nitrogen functional groups attached to an aromatic ring is 1. The topological polar surface area (TPSA) is 68.3 Å². The highest BCUT2D eigenvalue weighted by molar-refractivity contribution is 5.62. The maximum atomic E-state index is 8.74. The van der Waals surface area contributed by atoms with Gasteiger partial charge in [-0.15, -0.1) is 0 Å². The highest BCUT2D eigenvalue weighted by Gasteiger charge is 2.04. The van der Waals surface area contributed by atoms with Crippen molar-refractivity contribution < 1.29 is 9.47 Å². The summed E-state index contributed by atoms with van der Waals surface area (Å²) in [5.41, 5.74) is 6.54. The summed E-state index contributed by atoms with van der Waals surface area (Å²) in [4.78, 5) is 0. The van der Waals surface area contributed by atoms with E-state index in [4.69, 9.17) is 20.5 Å². The van der Waals surface area contributed by atoms with Gasteiger partial charge < -0.3 is 15.2 Å². The van der Waals surface area contributed by atoms with Gasteiger partial charge in [-0.2, -0.15) is 5.26 Å². The summed E-state index contributed by atoms with van der Waals surface area (Å²) in [6, 6.07) is 7.14. The number of nitrogens with zero attached hydrogens (tertiary/aromatic N) is 1. The molecule has 0 aliphatic heterocycles. The minimum atomic E-state index is 0.386. The first kappa shape index (κ1) is 11.3. The Morgan fingerprint density at radius 2 is 2.20 bits per heavy atom. The fourth-order valence-corrected chi connectivity index (χ4v) is 1.12. The second-order valence-electron chi connectivity index (χ2n) is 2.87. The summed E-state index contributed by atoms with van der Waals surface area (Å²) in [5.74, 6) is 0.536. The normalized spacial score (nSPS) is 9.60. The Hall–Kier alpha value is -1.73. The minimum Gasteiger partial charge on any atom is -0.489 e. The average molecular weight is 206 g/mol. The van der Waals surface area contributed by atoms with Gasteiger partial charge in [0.15, 0.2) is 0 Å². The number of anilines is 1. The van der Waals surface area contributed by atoms with Crippen LogP contribution in [0.3, 0.4) is 0 Å². The van der Waals surface area contributed by atoms with Crippen LogP contribution in [-0.4, -0.2) is 19.8 Å². The standard InChI is InChI=1S/C11H14N2O2/c1-2-14-6-7-15-10-5-3-4-9(8-12)11(10)13/h3-5H,2,6-7,13H2,1H3. The van der Waals surface area contributed by atoms with E-state index in [2.05, 4.69) is 0 Å². The van der Waals surface area contributed by atoms with Gasteiger partial charge in [-0.1, -0.05) is 6.07 Å². The fraction of sp³-hybridized carbons (Fsp3) is 0.364. The van der Waals surface area contributed by atoms with Gasteiger partial charge in [-0.25, -0.2) is 0 Å². The third kappa shape index (κ3) is 3.15. The average Bonchev–Trinajstić information content (AvgIpc) is 2.26. The highest BCUT2D eigenvalue weighted by atomic mass is 16.5. The number of ether oxygens (including phenoxy) is 2. The van der Waals surface area contributed by atoms with E-state index in [9.17, 15) is 0 Å². The Bertz CT molecular complexity index is 358. The zero-order valence-corrected chi connectivity index (χ0v) is 8.69. The maximum absolute atomic E-state index is 8.74. The largest absolute Gasteiger partial charge is 0.489 e. The number of nitriles is 1. The van der Waals surface area contributed by atoms with Gasteiger partial charge in [0.1, 0.15) is 18.4 Å². The summed E-state index contributed by atoms with van der Waals surface area (Å²) in [5, 5.41) is 8.74. The summed E-state index contributed by atoms with van der Waals surface area (Å²) >= 11 is 0. The summed E-state index contributed by atoms with van der Waals surface area (Å²) in [6.45, 7) is 3.54. The van der Waals surface area contributed by atoms with E-state index in [1.165, 1.54) is 0 Å². The molecule has 0 radical (unpaired) electrons. The molecule has 4 nitrogen and oxygen atoms in total. The van der Waals surface area contributed by atoms with Crippen molar-refractivity contribution in [2.45, 2.75) is 6.92 Å². The van der Waals surface area contributed by atoms with Gasteiger partial charge in [0.2, 0.25) is 0 Å². The van der Waals surface area contributed by atoms with Gasteiger partial charge in [0.25, 0.3) is 0 Å². The van der Waals surface area contributed by atoms with Crippen molar-refractivity contribution in [3.05, 3.63) is 23.8 Å². The van der Waals surface area contributed by atoms with Crippen LogP contribution in [0.15, 0.2) is 18.2 Å². The highest BCUT2D eigenvalue weighted by Crippen LogP contribution is 2.24. The van der Waals surface area contributed by atoms with Gasteiger partial charge in [-0.3, -0.25) is 0 Å². The van der Waals surface area contributed by atoms with Crippen molar-refractivity contribution in [2.24, 2.45) is 0 Å². The van der Waals surface area contributed by atoms with Gasteiger partial charge in [-0.05, 0) is 19.1 Å². The van der Waals surface area contributed by atoms with Crippen LogP contribution in [0.25, 0.3) is 0 Å². The maximum Gasteiger partial charge on any atom is 0.143 e. The molecule has 2 N–H and O–H groups in total. The molecule has 0 saturated carbocycles. The van der Waals surface area contributed by atoms with Crippen LogP contribution in [0.2, 0.25) is 0 Å². The molecule has 80 valence electrons. The van der Waals surface area contributed by atoms with E-state index >= 15 is 0 Å². The predicted molar refractivity (Wildman–Crippen MR) is 57.6 cm³/mol. The van der Waals surface area contributed by atoms with Crippen molar-refractivity contribution in [1.82, 2.24) is 0 Å². The molecular weight excluding hydrogens is 192 g/mol. The van der Waals surface area contributed by atoms with Crippen LogP contribution in [0, 0.1) is 11.3 Å². The molecule has 0 spiro atoms. The number of hydrogen-bond donors (Lipinski definition) is 1. The van der Waals surface area contributed by atoms with Gasteiger partial charge in [0, 0.05) is 6.61 Å². The molecule has 0 saturated heterocycles. The summed E-state index contributed by atoms with van der Waals surface area (Å²) in [7, 11) is 0. The molecule has 1 aromatic rings. The molecular formula is C11H14N2O2. The molecule has 1 aromatic carbocycles. The zero-order chi connectivity index (χ0) is 11.1. The lowest BCUT2D eigenvalue weighted by atomic mass is 10.2. The Kier molecular flexibility index (Phi) is 4.45. The van der Waals surface area contributed by atoms with Crippen molar-refractivity contribution in [3.63, 3.8) is 0 Å². The van der Waals surface area contributed by atoms with Gasteiger partial charge in [0.05, 0.1) is 17.9 Å². The lowest BCUT2D eigenvalue weighted by molar-refractivity contribution is 0.110. The van der Waals surface area contributed by atoms with Crippen LogP contribution < -0.4 is 10.5 Å². The molecule has 0 aromatic heterocycles. The van der Waals surface area contributed by atoms with Gasteiger partial charge >= 0.3 is 0 Å². The minimum absolute atomic E-state index is 0.386. The van der Waals surface area contributed by atoms with E-state index in [1.54, 1.807) is 18.2 Å². The molecule has 0 fully saturated rings. The van der Waals surface area contributed by atoms with E-state index in [0.717, 1.165) is 0 Å². The van der Waals surface area contributed by atoms with E-state index < -0.39 is 0 Å². The zero-order valence-electron chi connectivity index (χ0n) is 8.69. The Balaban J connectivity index is 2.58. The number of rotatable bonds is 5. The Labute approximate surface area is 89.2 Å². The van der Waals surface area contributed by atoms with Crippen molar-refractivity contribution in [2.75, 3.05) is 25.6 Å². The van der Waals surface area contributed by atoms with Crippen LogP contribution in [-0.2, 0) is 4.74 Å². The molecule has 0 heterocycles. The van der Waals surface area contributed by atoms with Crippen molar-refractivity contribution >= 4 is 5.69 Å². The van der Waals surface area contributed by atoms with E-state index in [-0.39, 0.29) is 0 Å². The quantitative estimate of drug-likeness (QED) is 0.586. The first-order chi connectivity index (χ1) is 7.29. The molecule has 1 rings (SSSR count). The second-order valence-corrected chi connectivity index (χ2v) is 2.87. The Morgan fingerprint density at radius 3 is 2.87 bits per heavy atom. The van der Waals surface area contributed by atoms with Crippen LogP contribution in [0.4, 0.5) is 5.69 Å². The summed E-state index contributed by atoms with van der Waals surface area (Å²) < 4.78 is 10.5. The monoisotopic (exact) mass is 206 g/mol. The number of hydrogen-bond acceptors (Lipinski definition) is 4. The van der Waals surface area contributed by atoms with Crippen LogP contribution in [0.5, 0.6) is 5.75 Å². The first-order valence-corrected chi connectivity index (χ1v) is 4.78. The smallest absolute Gasteiger partial charge is 0.143 e. The van der Waals surface area contributed by atoms with Crippen molar-refractivity contribution in [1.29, 1.82) is 5.26 Å². The molecule has 0 atom stereocenters. The molecule has 0 bridgehead atoms. The molecule has 4 heteroatoms. The first-order valence-electron chi connectivity index (χ1n) is 4.78. The van der Waals surface area contributed by atoms with E-state index in [0.29, 0.717) is 36.8 Å². The third-order valence-corrected chi connectivity index (χ3v) is 1.88. The molecule has 0 aliphatic carbocycles.